The van der Waals surface area contributed by atoms with Crippen molar-refractivity contribution in [1.82, 2.24) is 0 Å². The zero-order chi connectivity index (χ0) is 15.4. The number of nitrogens with one attached hydrogen (secondary N) is 2. The summed E-state index contributed by atoms with van der Waals surface area (Å²) in [7, 11) is 1.67. The molecular formula is C16H19N3O2. The van der Waals surface area contributed by atoms with Crippen LogP contribution in [0.1, 0.15) is 25.3 Å². The van der Waals surface area contributed by atoms with Gasteiger partial charge >= 0.3 is 5.69 Å². The maximum absolute atomic E-state index is 11.3. The molecule has 2 N–H and O–H groups in total. The van der Waals surface area contributed by atoms with Crippen molar-refractivity contribution < 1.29 is 4.92 Å². The third kappa shape index (κ3) is 3.31. The average Bonchev–Trinajstić information content (AvgIpc) is 2.46. The van der Waals surface area contributed by atoms with E-state index in [9.17, 15) is 10.1 Å². The van der Waals surface area contributed by atoms with Gasteiger partial charge in [0.1, 0.15) is 11.4 Å². The van der Waals surface area contributed by atoms with E-state index in [0.29, 0.717) is 17.3 Å². The summed E-state index contributed by atoms with van der Waals surface area (Å²) in [5, 5.41) is 17.3. The molecule has 0 radical (unpaired) electrons. The highest BCUT2D eigenvalue weighted by molar-refractivity contribution is 5.79. The Morgan fingerprint density at radius 2 is 1.76 bits per heavy atom. The van der Waals surface area contributed by atoms with Crippen LogP contribution in [0.5, 0.6) is 0 Å². The summed E-state index contributed by atoms with van der Waals surface area (Å²) in [6, 6.07) is 13.1. The highest BCUT2D eigenvalue weighted by Gasteiger charge is 2.18. The fourth-order valence-electron chi connectivity index (χ4n) is 2.17. The second-order valence-corrected chi connectivity index (χ2v) is 5.11. The van der Waals surface area contributed by atoms with E-state index in [0.717, 1.165) is 5.69 Å². The lowest BCUT2D eigenvalue weighted by Crippen LogP contribution is -2.01. The number of para-hydroxylation sites is 1. The van der Waals surface area contributed by atoms with Crippen molar-refractivity contribution in [1.29, 1.82) is 0 Å². The van der Waals surface area contributed by atoms with Gasteiger partial charge in [0.05, 0.1) is 4.92 Å². The van der Waals surface area contributed by atoms with Crippen LogP contribution in [0.2, 0.25) is 0 Å². The van der Waals surface area contributed by atoms with Gasteiger partial charge in [-0.15, -0.1) is 0 Å². The molecular weight excluding hydrogens is 266 g/mol. The lowest BCUT2D eigenvalue weighted by molar-refractivity contribution is -0.383. The van der Waals surface area contributed by atoms with E-state index >= 15 is 0 Å². The number of rotatable bonds is 5. The summed E-state index contributed by atoms with van der Waals surface area (Å²) in [6.45, 7) is 4.23. The monoisotopic (exact) mass is 285 g/mol. The SMILES string of the molecule is CNc1cccc(Nc2cccc(C(C)C)c2)c1[N+](=O)[O-]. The van der Waals surface area contributed by atoms with Gasteiger partial charge in [-0.1, -0.05) is 32.0 Å². The van der Waals surface area contributed by atoms with E-state index in [1.165, 1.54) is 5.56 Å². The summed E-state index contributed by atoms with van der Waals surface area (Å²) in [6.07, 6.45) is 0. The van der Waals surface area contributed by atoms with Crippen molar-refractivity contribution in [2.75, 3.05) is 17.7 Å². The quantitative estimate of drug-likeness (QED) is 0.626. The lowest BCUT2D eigenvalue weighted by Gasteiger charge is -2.12. The predicted octanol–water partition coefficient (Wildman–Crippen LogP) is 4.50. The lowest BCUT2D eigenvalue weighted by atomic mass is 10.0. The first-order valence-electron chi connectivity index (χ1n) is 6.85. The van der Waals surface area contributed by atoms with Gasteiger partial charge in [-0.2, -0.15) is 0 Å². The maximum atomic E-state index is 11.3. The molecule has 0 amide bonds. The van der Waals surface area contributed by atoms with Gasteiger partial charge in [0, 0.05) is 12.7 Å². The number of hydrogen-bond donors (Lipinski definition) is 2. The van der Waals surface area contributed by atoms with Crippen molar-refractivity contribution >= 4 is 22.7 Å². The smallest absolute Gasteiger partial charge is 0.315 e. The molecule has 0 aliphatic rings. The molecule has 21 heavy (non-hydrogen) atoms. The van der Waals surface area contributed by atoms with Gasteiger partial charge in [0.2, 0.25) is 0 Å². The van der Waals surface area contributed by atoms with Crippen LogP contribution in [0, 0.1) is 10.1 Å². The number of hydrogen-bond acceptors (Lipinski definition) is 4. The predicted molar refractivity (Wildman–Crippen MR) is 86.5 cm³/mol. The van der Waals surface area contributed by atoms with Gasteiger partial charge in [0.15, 0.2) is 0 Å². The molecule has 0 unspecified atom stereocenters. The molecule has 0 aliphatic heterocycles. The molecule has 5 nitrogen and oxygen atoms in total. The molecule has 0 fully saturated rings. The molecule has 2 aromatic rings. The van der Waals surface area contributed by atoms with Crippen LogP contribution in [0.4, 0.5) is 22.7 Å². The van der Waals surface area contributed by atoms with E-state index in [2.05, 4.69) is 24.5 Å². The Hall–Kier alpha value is -2.56. The highest BCUT2D eigenvalue weighted by atomic mass is 16.6. The number of nitrogens with zero attached hydrogens (tertiary/aromatic N) is 1. The summed E-state index contributed by atoms with van der Waals surface area (Å²) >= 11 is 0. The third-order valence-corrected chi connectivity index (χ3v) is 3.32. The van der Waals surface area contributed by atoms with Crippen molar-refractivity contribution in [3.63, 3.8) is 0 Å². The van der Waals surface area contributed by atoms with Crippen LogP contribution in [0.25, 0.3) is 0 Å². The van der Waals surface area contributed by atoms with Crippen LogP contribution in [0.3, 0.4) is 0 Å². The second-order valence-electron chi connectivity index (χ2n) is 5.11. The van der Waals surface area contributed by atoms with Gasteiger partial charge in [-0.3, -0.25) is 10.1 Å². The van der Waals surface area contributed by atoms with Crippen molar-refractivity contribution in [2.24, 2.45) is 0 Å². The number of nitro groups is 1. The largest absolute Gasteiger partial charge is 0.382 e. The molecule has 0 heterocycles. The molecule has 0 aromatic heterocycles. The maximum Gasteiger partial charge on any atom is 0.315 e. The summed E-state index contributed by atoms with van der Waals surface area (Å²) < 4.78 is 0. The Balaban J connectivity index is 2.40. The molecule has 110 valence electrons. The number of nitro benzene ring substituents is 1. The molecule has 2 rings (SSSR count). The fraction of sp³-hybridized carbons (Fsp3) is 0.250. The minimum Gasteiger partial charge on any atom is -0.382 e. The van der Waals surface area contributed by atoms with Gasteiger partial charge < -0.3 is 10.6 Å². The van der Waals surface area contributed by atoms with E-state index in [4.69, 9.17) is 0 Å². The van der Waals surface area contributed by atoms with Crippen LogP contribution in [-0.4, -0.2) is 12.0 Å². The van der Waals surface area contributed by atoms with E-state index in [-0.39, 0.29) is 10.6 Å². The molecule has 0 bridgehead atoms. The summed E-state index contributed by atoms with van der Waals surface area (Å²) in [4.78, 5) is 10.9. The van der Waals surface area contributed by atoms with Gasteiger partial charge in [0.25, 0.3) is 0 Å². The number of anilines is 3. The Labute approximate surface area is 124 Å². The van der Waals surface area contributed by atoms with Crippen LogP contribution in [-0.2, 0) is 0 Å². The Kier molecular flexibility index (Phi) is 4.42. The molecule has 2 aromatic carbocycles. The second kappa shape index (κ2) is 6.26. The van der Waals surface area contributed by atoms with Crippen molar-refractivity contribution in [3.05, 3.63) is 58.1 Å². The van der Waals surface area contributed by atoms with Crippen molar-refractivity contribution in [3.8, 4) is 0 Å². The molecule has 0 saturated heterocycles. The van der Waals surface area contributed by atoms with E-state index < -0.39 is 0 Å². The average molecular weight is 285 g/mol. The normalized spacial score (nSPS) is 10.5. The van der Waals surface area contributed by atoms with E-state index in [1.54, 1.807) is 25.2 Å². The first kappa shape index (κ1) is 14.8. The van der Waals surface area contributed by atoms with Gasteiger partial charge in [-0.05, 0) is 35.7 Å². The summed E-state index contributed by atoms with van der Waals surface area (Å²) in [5.74, 6) is 0.408. The minimum absolute atomic E-state index is 0.0509. The molecule has 0 atom stereocenters. The van der Waals surface area contributed by atoms with Gasteiger partial charge in [-0.25, -0.2) is 0 Å². The Morgan fingerprint density at radius 3 is 2.38 bits per heavy atom. The van der Waals surface area contributed by atoms with Crippen LogP contribution < -0.4 is 10.6 Å². The Bertz CT molecular complexity index is 654. The summed E-state index contributed by atoms with van der Waals surface area (Å²) in [5.41, 5.74) is 3.05. The van der Waals surface area contributed by atoms with E-state index in [1.807, 2.05) is 24.3 Å². The highest BCUT2D eigenvalue weighted by Crippen LogP contribution is 2.34. The zero-order valence-corrected chi connectivity index (χ0v) is 12.4. The standard InChI is InChI=1S/C16H19N3O2/c1-11(2)12-6-4-7-13(10-12)18-15-9-5-8-14(17-3)16(15)19(20)21/h4-11,17-18H,1-3H3. The van der Waals surface area contributed by atoms with Crippen molar-refractivity contribution in [2.45, 2.75) is 19.8 Å². The topological polar surface area (TPSA) is 67.2 Å². The molecule has 0 spiro atoms. The zero-order valence-electron chi connectivity index (χ0n) is 12.4. The first-order chi connectivity index (χ1) is 10.0. The van der Waals surface area contributed by atoms with Crippen LogP contribution >= 0.6 is 0 Å². The van der Waals surface area contributed by atoms with Crippen LogP contribution in [0.15, 0.2) is 42.5 Å². The molecule has 0 aliphatic carbocycles. The first-order valence-corrected chi connectivity index (χ1v) is 6.85. The number of benzene rings is 2. The third-order valence-electron chi connectivity index (χ3n) is 3.32. The minimum atomic E-state index is -0.375. The Morgan fingerprint density at radius 1 is 1.10 bits per heavy atom. The molecule has 0 saturated carbocycles. The fourth-order valence-corrected chi connectivity index (χ4v) is 2.17. The molecule has 5 heteroatoms.